The first-order valence-electron chi connectivity index (χ1n) is 12.7. The zero-order chi connectivity index (χ0) is 23.9. The lowest BCUT2D eigenvalue weighted by Gasteiger charge is -2.26. The highest BCUT2D eigenvalue weighted by Gasteiger charge is 2.23. The first kappa shape index (κ1) is 24.7. The summed E-state index contributed by atoms with van der Waals surface area (Å²) in [5.41, 5.74) is 1.01. The summed E-state index contributed by atoms with van der Waals surface area (Å²) in [7, 11) is 0. The highest BCUT2D eigenvalue weighted by Crippen LogP contribution is 2.30. The molecule has 2 fully saturated rings. The summed E-state index contributed by atoms with van der Waals surface area (Å²) < 4.78 is 11.1. The molecule has 0 aliphatic heterocycles. The predicted molar refractivity (Wildman–Crippen MR) is 130 cm³/mol. The largest absolute Gasteiger partial charge is 0.462 e. The number of hydrogen-bond donors (Lipinski definition) is 2. The van der Waals surface area contributed by atoms with Crippen molar-refractivity contribution in [3.63, 3.8) is 0 Å². The first-order chi connectivity index (χ1) is 16.6. The molecule has 2 aromatic carbocycles. The number of carbonyl (C=O) groups is 2. The van der Waals surface area contributed by atoms with E-state index in [4.69, 9.17) is 9.47 Å². The first-order valence-corrected chi connectivity index (χ1v) is 12.7. The van der Waals surface area contributed by atoms with Gasteiger partial charge in [0.1, 0.15) is 0 Å². The molecule has 2 aliphatic carbocycles. The lowest BCUT2D eigenvalue weighted by molar-refractivity contribution is 0.0372. The molecule has 0 aromatic heterocycles. The summed E-state index contributed by atoms with van der Waals surface area (Å²) in [4.78, 5) is 25.1. The summed E-state index contributed by atoms with van der Waals surface area (Å²) in [5, 5.41) is 20.3. The molecule has 4 rings (SSSR count). The molecule has 2 saturated carbocycles. The van der Waals surface area contributed by atoms with Crippen molar-refractivity contribution in [1.82, 2.24) is 0 Å². The fourth-order valence-electron chi connectivity index (χ4n) is 5.21. The van der Waals surface area contributed by atoms with Gasteiger partial charge in [0, 0.05) is 13.2 Å². The normalized spacial score (nSPS) is 25.1. The Morgan fingerprint density at radius 1 is 0.618 bits per heavy atom. The third kappa shape index (κ3) is 6.36. The minimum atomic E-state index is -0.328. The molecule has 0 bridgehead atoms. The van der Waals surface area contributed by atoms with Gasteiger partial charge in [0.2, 0.25) is 0 Å². The number of ether oxygens (including phenoxy) is 2. The number of carbonyl (C=O) groups excluding carboxylic acids is 2. The Labute approximate surface area is 201 Å². The summed E-state index contributed by atoms with van der Waals surface area (Å²) in [6, 6.07) is 10.8. The number of benzene rings is 2. The van der Waals surface area contributed by atoms with Gasteiger partial charge in [-0.2, -0.15) is 0 Å². The third-order valence-electron chi connectivity index (χ3n) is 7.66. The van der Waals surface area contributed by atoms with Gasteiger partial charge < -0.3 is 19.7 Å². The molecule has 0 atom stereocenters. The molecule has 2 N–H and O–H groups in total. The van der Waals surface area contributed by atoms with Crippen LogP contribution < -0.4 is 0 Å². The maximum Gasteiger partial charge on any atom is 0.338 e. The maximum atomic E-state index is 12.6. The van der Waals surface area contributed by atoms with E-state index in [1.165, 1.54) is 0 Å². The maximum absolute atomic E-state index is 12.6. The van der Waals surface area contributed by atoms with Gasteiger partial charge in [0.15, 0.2) is 0 Å². The summed E-state index contributed by atoms with van der Waals surface area (Å²) in [5.74, 6) is 0.857. The number of hydrogen-bond acceptors (Lipinski definition) is 6. The Hall–Kier alpha value is -2.44. The standard InChI is InChI=1S/C28H36O6/c29-15-19-1-5-21(6-2-19)17-33-27(31)25-11-9-24-14-26(12-10-23(24)13-25)28(32)34-18-22-7-3-20(16-30)4-8-22/h9-14,19-22,29-30H,1-8,15-18H2. The molecule has 0 saturated heterocycles. The van der Waals surface area contributed by atoms with E-state index in [0.717, 1.165) is 62.1 Å². The van der Waals surface area contributed by atoms with Crippen LogP contribution in [0.2, 0.25) is 0 Å². The van der Waals surface area contributed by atoms with Crippen LogP contribution in [-0.4, -0.2) is 48.6 Å². The van der Waals surface area contributed by atoms with Crippen LogP contribution in [0.1, 0.15) is 72.1 Å². The molecular weight excluding hydrogens is 432 g/mol. The second-order valence-corrected chi connectivity index (χ2v) is 10.1. The smallest absolute Gasteiger partial charge is 0.338 e. The van der Waals surface area contributed by atoms with Gasteiger partial charge in [-0.3, -0.25) is 0 Å². The Bertz CT molecular complexity index is 891. The Kier molecular flexibility index (Phi) is 8.57. The highest BCUT2D eigenvalue weighted by molar-refractivity contribution is 5.99. The van der Waals surface area contributed by atoms with Crippen molar-refractivity contribution in [3.05, 3.63) is 47.5 Å². The van der Waals surface area contributed by atoms with Crippen LogP contribution in [0.25, 0.3) is 10.8 Å². The molecule has 0 spiro atoms. The van der Waals surface area contributed by atoms with Crippen molar-refractivity contribution < 1.29 is 29.3 Å². The van der Waals surface area contributed by atoms with Crippen LogP contribution in [0.4, 0.5) is 0 Å². The van der Waals surface area contributed by atoms with Gasteiger partial charge in [-0.1, -0.05) is 12.1 Å². The number of esters is 2. The van der Waals surface area contributed by atoms with Crippen molar-refractivity contribution in [2.45, 2.75) is 51.4 Å². The number of aliphatic hydroxyl groups is 2. The van der Waals surface area contributed by atoms with Gasteiger partial charge in [-0.15, -0.1) is 0 Å². The van der Waals surface area contributed by atoms with E-state index in [2.05, 4.69) is 0 Å². The molecule has 6 heteroatoms. The fraction of sp³-hybridized carbons (Fsp3) is 0.571. The van der Waals surface area contributed by atoms with Gasteiger partial charge in [-0.05, 0) is 110 Å². The van der Waals surface area contributed by atoms with Crippen molar-refractivity contribution in [2.24, 2.45) is 23.7 Å². The number of fused-ring (bicyclic) bond motifs is 1. The van der Waals surface area contributed by atoms with E-state index in [1.54, 1.807) is 24.3 Å². The molecule has 0 radical (unpaired) electrons. The second-order valence-electron chi connectivity index (χ2n) is 10.1. The molecule has 2 aliphatic rings. The summed E-state index contributed by atoms with van der Waals surface area (Å²) >= 11 is 0. The van der Waals surface area contributed by atoms with Gasteiger partial charge in [-0.25, -0.2) is 9.59 Å². The van der Waals surface area contributed by atoms with E-state index in [1.807, 2.05) is 12.1 Å². The van der Waals surface area contributed by atoms with E-state index in [-0.39, 0.29) is 25.2 Å². The van der Waals surface area contributed by atoms with Gasteiger partial charge >= 0.3 is 11.9 Å². The lowest BCUT2D eigenvalue weighted by atomic mass is 9.83. The van der Waals surface area contributed by atoms with Gasteiger partial charge in [0.05, 0.1) is 24.3 Å². The molecule has 0 unspecified atom stereocenters. The average Bonchev–Trinajstić information content (AvgIpc) is 2.90. The SMILES string of the molecule is O=C(OCC1CCC(CO)CC1)c1ccc2cc(C(=O)OCC3CCC(CO)CC3)ccc2c1. The van der Waals surface area contributed by atoms with E-state index < -0.39 is 0 Å². The molecule has 2 aromatic rings. The monoisotopic (exact) mass is 468 g/mol. The Balaban J connectivity index is 1.29. The molecule has 6 nitrogen and oxygen atoms in total. The van der Waals surface area contributed by atoms with E-state index in [9.17, 15) is 19.8 Å². The molecular formula is C28H36O6. The van der Waals surface area contributed by atoms with Crippen LogP contribution in [0.5, 0.6) is 0 Å². The lowest BCUT2D eigenvalue weighted by Crippen LogP contribution is -2.22. The fourth-order valence-corrected chi connectivity index (χ4v) is 5.21. The van der Waals surface area contributed by atoms with Crippen LogP contribution >= 0.6 is 0 Å². The topological polar surface area (TPSA) is 93.1 Å². The van der Waals surface area contributed by atoms with Crippen molar-refractivity contribution in [3.8, 4) is 0 Å². The quantitative estimate of drug-likeness (QED) is 0.543. The summed E-state index contributed by atoms with van der Waals surface area (Å²) in [6.07, 6.45) is 7.90. The van der Waals surface area contributed by atoms with Crippen LogP contribution in [0, 0.1) is 23.7 Å². The van der Waals surface area contributed by atoms with E-state index in [0.29, 0.717) is 48.0 Å². The van der Waals surface area contributed by atoms with Gasteiger partial charge in [0.25, 0.3) is 0 Å². The predicted octanol–water partition coefficient (Wildman–Crippen LogP) is 4.75. The van der Waals surface area contributed by atoms with Crippen molar-refractivity contribution in [1.29, 1.82) is 0 Å². The molecule has 184 valence electrons. The van der Waals surface area contributed by atoms with Crippen LogP contribution in [-0.2, 0) is 9.47 Å². The molecule has 34 heavy (non-hydrogen) atoms. The molecule has 0 amide bonds. The average molecular weight is 469 g/mol. The molecule has 0 heterocycles. The number of aliphatic hydroxyl groups excluding tert-OH is 2. The second kappa shape index (κ2) is 11.8. The van der Waals surface area contributed by atoms with E-state index >= 15 is 0 Å². The zero-order valence-electron chi connectivity index (χ0n) is 19.8. The minimum absolute atomic E-state index is 0.245. The summed E-state index contributed by atoms with van der Waals surface area (Å²) in [6.45, 7) is 1.33. The van der Waals surface area contributed by atoms with Crippen LogP contribution in [0.15, 0.2) is 36.4 Å². The van der Waals surface area contributed by atoms with Crippen LogP contribution in [0.3, 0.4) is 0 Å². The highest BCUT2D eigenvalue weighted by atomic mass is 16.5. The Morgan fingerprint density at radius 2 is 0.971 bits per heavy atom. The van der Waals surface area contributed by atoms with Crippen molar-refractivity contribution >= 4 is 22.7 Å². The van der Waals surface area contributed by atoms with Crippen molar-refractivity contribution in [2.75, 3.05) is 26.4 Å². The zero-order valence-corrected chi connectivity index (χ0v) is 19.8. The third-order valence-corrected chi connectivity index (χ3v) is 7.66. The Morgan fingerprint density at radius 3 is 1.32 bits per heavy atom. The number of rotatable bonds is 8. The minimum Gasteiger partial charge on any atom is -0.462 e.